The molecule has 4 heterocycles. The normalized spacial score (nSPS) is 21.8. The molecule has 36 heavy (non-hydrogen) atoms. The second kappa shape index (κ2) is 9.03. The van der Waals surface area contributed by atoms with Crippen LogP contribution in [-0.2, 0) is 11.8 Å². The Morgan fingerprint density at radius 2 is 1.97 bits per heavy atom. The zero-order valence-corrected chi connectivity index (χ0v) is 21.0. The van der Waals surface area contributed by atoms with Crippen molar-refractivity contribution in [3.8, 4) is 11.1 Å². The number of nitrogens with zero attached hydrogens (tertiary/aromatic N) is 6. The van der Waals surface area contributed by atoms with Gasteiger partial charge in [-0.15, -0.1) is 0 Å². The summed E-state index contributed by atoms with van der Waals surface area (Å²) in [5.41, 5.74) is 3.01. The van der Waals surface area contributed by atoms with Gasteiger partial charge in [-0.3, -0.25) is 9.58 Å². The van der Waals surface area contributed by atoms with Crippen LogP contribution in [0.3, 0.4) is 0 Å². The number of anilines is 1. The van der Waals surface area contributed by atoms with Gasteiger partial charge in [0.15, 0.2) is 0 Å². The standard InChI is InChI=1S/C27H33FN6O2/c1-3-36-26(35)34-17-27(18-34)8-7-21(14-27)32-9-11-33(12-10-32)25-23(13-20(28)16-29-25)22-6-4-5-19-15-30-31(2)24(19)22/h4-6,13,15-16,21H,3,7-12,14,17-18H2,1-2H3. The van der Waals surface area contributed by atoms with Crippen molar-refractivity contribution in [2.45, 2.75) is 32.2 Å². The van der Waals surface area contributed by atoms with E-state index in [0.717, 1.165) is 73.5 Å². The van der Waals surface area contributed by atoms with Crippen molar-refractivity contribution >= 4 is 22.8 Å². The van der Waals surface area contributed by atoms with Crippen molar-refractivity contribution in [2.24, 2.45) is 12.5 Å². The average molecular weight is 493 g/mol. The van der Waals surface area contributed by atoms with Crippen LogP contribution in [0.2, 0.25) is 0 Å². The number of carbonyl (C=O) groups excluding carboxylic acids is 1. The Kier molecular flexibility index (Phi) is 5.82. The molecule has 0 bridgehead atoms. The fraction of sp³-hybridized carbons (Fsp3) is 0.519. The molecular weight excluding hydrogens is 459 g/mol. The van der Waals surface area contributed by atoms with Gasteiger partial charge in [0.1, 0.15) is 11.6 Å². The molecular formula is C27H33FN6O2. The largest absolute Gasteiger partial charge is 0.450 e. The molecule has 3 aliphatic rings. The number of hydrogen-bond acceptors (Lipinski definition) is 6. The number of benzene rings is 1. The smallest absolute Gasteiger partial charge is 0.409 e. The van der Waals surface area contributed by atoms with Crippen molar-refractivity contribution < 1.29 is 13.9 Å². The second-order valence-corrected chi connectivity index (χ2v) is 10.5. The predicted octanol–water partition coefficient (Wildman–Crippen LogP) is 3.91. The van der Waals surface area contributed by atoms with Crippen LogP contribution < -0.4 is 4.90 Å². The van der Waals surface area contributed by atoms with E-state index in [9.17, 15) is 9.18 Å². The Hall–Kier alpha value is -3.20. The Bertz CT molecular complexity index is 1280. The van der Waals surface area contributed by atoms with Gasteiger partial charge in [-0.2, -0.15) is 5.10 Å². The number of aryl methyl sites for hydroxylation is 1. The molecule has 1 saturated carbocycles. The van der Waals surface area contributed by atoms with E-state index in [1.807, 2.05) is 47.9 Å². The molecule has 8 nitrogen and oxygen atoms in total. The number of rotatable bonds is 4. The predicted molar refractivity (Wildman–Crippen MR) is 136 cm³/mol. The first-order valence-electron chi connectivity index (χ1n) is 12.9. The van der Waals surface area contributed by atoms with E-state index in [-0.39, 0.29) is 17.3 Å². The van der Waals surface area contributed by atoms with Crippen molar-refractivity contribution in [3.05, 3.63) is 42.5 Å². The highest BCUT2D eigenvalue weighted by atomic mass is 19.1. The van der Waals surface area contributed by atoms with E-state index < -0.39 is 0 Å². The van der Waals surface area contributed by atoms with E-state index in [1.165, 1.54) is 19.0 Å². The molecule has 0 N–H and O–H groups in total. The summed E-state index contributed by atoms with van der Waals surface area (Å²) >= 11 is 0. The van der Waals surface area contributed by atoms with E-state index in [2.05, 4.69) is 19.9 Å². The summed E-state index contributed by atoms with van der Waals surface area (Å²) in [7, 11) is 1.92. The van der Waals surface area contributed by atoms with Crippen LogP contribution in [0.5, 0.6) is 0 Å². The number of ether oxygens (including phenoxy) is 1. The van der Waals surface area contributed by atoms with E-state index >= 15 is 0 Å². The van der Waals surface area contributed by atoms with E-state index in [1.54, 1.807) is 6.07 Å². The zero-order chi connectivity index (χ0) is 24.9. The molecule has 1 amide bonds. The number of halogens is 1. The molecule has 1 aliphatic carbocycles. The number of carbonyl (C=O) groups is 1. The summed E-state index contributed by atoms with van der Waals surface area (Å²) in [6.07, 6.45) is 6.48. The monoisotopic (exact) mass is 492 g/mol. The molecule has 1 atom stereocenters. The maximum atomic E-state index is 14.4. The van der Waals surface area contributed by atoms with Crippen molar-refractivity contribution in [1.29, 1.82) is 0 Å². The summed E-state index contributed by atoms with van der Waals surface area (Å²) in [6.45, 7) is 7.54. The second-order valence-electron chi connectivity index (χ2n) is 10.5. The van der Waals surface area contributed by atoms with Crippen LogP contribution >= 0.6 is 0 Å². The first-order chi connectivity index (χ1) is 17.5. The molecule has 2 aromatic heterocycles. The molecule has 9 heteroatoms. The third-order valence-corrected chi connectivity index (χ3v) is 8.27. The average Bonchev–Trinajstić information content (AvgIpc) is 3.48. The van der Waals surface area contributed by atoms with Gasteiger partial charge in [0.05, 0.1) is 24.5 Å². The molecule has 3 fully saturated rings. The number of hydrogen-bond donors (Lipinski definition) is 0. The molecule has 3 aromatic rings. The van der Waals surface area contributed by atoms with Crippen LogP contribution in [0.4, 0.5) is 15.0 Å². The minimum absolute atomic E-state index is 0.176. The number of amides is 1. The molecule has 190 valence electrons. The van der Waals surface area contributed by atoms with Crippen LogP contribution in [0.1, 0.15) is 26.2 Å². The third-order valence-electron chi connectivity index (χ3n) is 8.27. The maximum absolute atomic E-state index is 14.4. The van der Waals surface area contributed by atoms with Crippen molar-refractivity contribution in [2.75, 3.05) is 50.8 Å². The lowest BCUT2D eigenvalue weighted by molar-refractivity contribution is -0.00294. The van der Waals surface area contributed by atoms with Gasteiger partial charge in [-0.05, 0) is 32.3 Å². The highest BCUT2D eigenvalue weighted by molar-refractivity contribution is 5.96. The molecule has 1 aromatic carbocycles. The van der Waals surface area contributed by atoms with E-state index in [4.69, 9.17) is 4.74 Å². The first kappa shape index (κ1) is 23.2. The van der Waals surface area contributed by atoms with Crippen LogP contribution in [-0.4, -0.2) is 82.6 Å². The Morgan fingerprint density at radius 3 is 2.75 bits per heavy atom. The molecule has 1 unspecified atom stereocenters. The van der Waals surface area contributed by atoms with Gasteiger partial charge in [-0.1, -0.05) is 18.2 Å². The number of aromatic nitrogens is 3. The molecule has 2 aliphatic heterocycles. The summed E-state index contributed by atoms with van der Waals surface area (Å²) in [5, 5.41) is 5.43. The fourth-order valence-electron chi connectivity index (χ4n) is 6.51. The van der Waals surface area contributed by atoms with Gasteiger partial charge in [0.2, 0.25) is 0 Å². The van der Waals surface area contributed by atoms with Crippen LogP contribution in [0.15, 0.2) is 36.7 Å². The van der Waals surface area contributed by atoms with Gasteiger partial charge in [0, 0.05) is 74.3 Å². The van der Waals surface area contributed by atoms with Crippen LogP contribution in [0.25, 0.3) is 22.0 Å². The van der Waals surface area contributed by atoms with Crippen molar-refractivity contribution in [3.63, 3.8) is 0 Å². The highest BCUT2D eigenvalue weighted by Gasteiger charge is 2.51. The summed E-state index contributed by atoms with van der Waals surface area (Å²) in [6, 6.07) is 8.20. The lowest BCUT2D eigenvalue weighted by Crippen LogP contribution is -2.58. The maximum Gasteiger partial charge on any atom is 0.409 e. The number of fused-ring (bicyclic) bond motifs is 1. The van der Waals surface area contributed by atoms with Gasteiger partial charge in [-0.25, -0.2) is 14.2 Å². The summed E-state index contributed by atoms with van der Waals surface area (Å²) in [4.78, 5) is 23.3. The first-order valence-corrected chi connectivity index (χ1v) is 12.9. The summed E-state index contributed by atoms with van der Waals surface area (Å²) < 4.78 is 21.4. The number of piperazine rings is 1. The fourth-order valence-corrected chi connectivity index (χ4v) is 6.51. The highest BCUT2D eigenvalue weighted by Crippen LogP contribution is 2.47. The van der Waals surface area contributed by atoms with Crippen LogP contribution in [0, 0.1) is 11.2 Å². The molecule has 6 rings (SSSR count). The lowest BCUT2D eigenvalue weighted by atomic mass is 9.78. The van der Waals surface area contributed by atoms with E-state index in [0.29, 0.717) is 12.6 Å². The minimum Gasteiger partial charge on any atom is -0.450 e. The zero-order valence-electron chi connectivity index (χ0n) is 21.0. The number of likely N-dealkylation sites (tertiary alicyclic amines) is 1. The Labute approximate surface area is 210 Å². The topological polar surface area (TPSA) is 66.7 Å². The minimum atomic E-state index is -0.333. The Morgan fingerprint density at radius 1 is 1.17 bits per heavy atom. The third kappa shape index (κ3) is 3.99. The van der Waals surface area contributed by atoms with Crippen molar-refractivity contribution in [1.82, 2.24) is 24.6 Å². The molecule has 0 radical (unpaired) electrons. The lowest BCUT2D eigenvalue weighted by Gasteiger charge is -2.48. The molecule has 1 spiro atoms. The Balaban J connectivity index is 1.15. The molecule has 2 saturated heterocycles. The quantitative estimate of drug-likeness (QED) is 0.550. The summed E-state index contributed by atoms with van der Waals surface area (Å²) in [5.74, 6) is 0.497. The number of pyridine rings is 1. The van der Waals surface area contributed by atoms with Gasteiger partial charge in [0.25, 0.3) is 0 Å². The van der Waals surface area contributed by atoms with Gasteiger partial charge >= 0.3 is 6.09 Å². The SMILES string of the molecule is CCOC(=O)N1CC2(CCC(N3CCN(c4ncc(F)cc4-c4cccc5cnn(C)c45)CC3)C2)C1. The number of para-hydroxylation sites is 1. The van der Waals surface area contributed by atoms with Gasteiger partial charge < -0.3 is 14.5 Å².